The predicted molar refractivity (Wildman–Crippen MR) is 80.1 cm³/mol. The first kappa shape index (κ1) is 13.6. The molecule has 2 fully saturated rings. The molecule has 3 heteroatoms. The normalized spacial score (nSPS) is 44.8. The van der Waals surface area contributed by atoms with Gasteiger partial charge in [-0.2, -0.15) is 0 Å². The van der Waals surface area contributed by atoms with Gasteiger partial charge in [-0.3, -0.25) is 0 Å². The summed E-state index contributed by atoms with van der Waals surface area (Å²) in [6.45, 7) is 2.17. The maximum atomic E-state index is 10.4. The van der Waals surface area contributed by atoms with Crippen LogP contribution in [0.1, 0.15) is 49.7 Å². The molecule has 3 aliphatic carbocycles. The number of phenols is 1. The molecule has 0 bridgehead atoms. The van der Waals surface area contributed by atoms with Crippen molar-refractivity contribution in [3.63, 3.8) is 0 Å². The van der Waals surface area contributed by atoms with Crippen molar-refractivity contribution in [2.45, 2.75) is 57.2 Å². The lowest BCUT2D eigenvalue weighted by Crippen LogP contribution is -2.44. The van der Waals surface area contributed by atoms with Gasteiger partial charge in [-0.1, -0.05) is 13.0 Å². The second-order valence-corrected chi connectivity index (χ2v) is 7.59. The first-order valence-electron chi connectivity index (χ1n) is 8.18. The van der Waals surface area contributed by atoms with Crippen molar-refractivity contribution in [3.8, 4) is 5.75 Å². The summed E-state index contributed by atoms with van der Waals surface area (Å²) < 4.78 is 0. The first-order chi connectivity index (χ1) is 10.0. The topological polar surface area (TPSA) is 60.7 Å². The van der Waals surface area contributed by atoms with E-state index in [9.17, 15) is 15.3 Å². The van der Waals surface area contributed by atoms with Gasteiger partial charge in [0, 0.05) is 0 Å². The number of aromatic hydroxyl groups is 1. The number of aryl methyl sites for hydroxylation is 1. The second kappa shape index (κ2) is 4.47. The zero-order valence-corrected chi connectivity index (χ0v) is 12.5. The number of hydrogen-bond acceptors (Lipinski definition) is 3. The van der Waals surface area contributed by atoms with Crippen LogP contribution in [0.5, 0.6) is 5.75 Å². The SMILES string of the molecule is C[C@]12CCC3c4ccc(O)cc4CCC3C1C[C@@H](O)C2O. The Labute approximate surface area is 125 Å². The van der Waals surface area contributed by atoms with Crippen LogP contribution in [0.25, 0.3) is 0 Å². The van der Waals surface area contributed by atoms with Crippen molar-refractivity contribution < 1.29 is 15.3 Å². The van der Waals surface area contributed by atoms with Crippen LogP contribution in [0.15, 0.2) is 18.2 Å². The van der Waals surface area contributed by atoms with Crippen LogP contribution in [0.2, 0.25) is 0 Å². The van der Waals surface area contributed by atoms with Crippen LogP contribution >= 0.6 is 0 Å². The minimum Gasteiger partial charge on any atom is -0.508 e. The van der Waals surface area contributed by atoms with Crippen molar-refractivity contribution >= 4 is 0 Å². The summed E-state index contributed by atoms with van der Waals surface area (Å²) in [5.74, 6) is 1.88. The molecule has 0 heterocycles. The molecule has 0 radical (unpaired) electrons. The van der Waals surface area contributed by atoms with Crippen LogP contribution in [0.3, 0.4) is 0 Å². The smallest absolute Gasteiger partial charge is 0.115 e. The van der Waals surface area contributed by atoms with E-state index in [1.165, 1.54) is 11.1 Å². The molecule has 0 aliphatic heterocycles. The minimum absolute atomic E-state index is 0.116. The van der Waals surface area contributed by atoms with Gasteiger partial charge in [-0.05, 0) is 78.5 Å². The molecular formula is C18H24O3. The van der Waals surface area contributed by atoms with Gasteiger partial charge in [0.25, 0.3) is 0 Å². The number of fused-ring (bicyclic) bond motifs is 5. The number of phenolic OH excluding ortho intramolecular Hbond substituents is 1. The van der Waals surface area contributed by atoms with E-state index in [0.717, 1.165) is 32.1 Å². The molecule has 1 aromatic rings. The average molecular weight is 288 g/mol. The Kier molecular flexibility index (Phi) is 2.89. The summed E-state index contributed by atoms with van der Waals surface area (Å²) in [4.78, 5) is 0. The molecule has 6 atom stereocenters. The van der Waals surface area contributed by atoms with Crippen LogP contribution in [0, 0.1) is 17.3 Å². The molecule has 114 valence electrons. The Morgan fingerprint density at radius 3 is 2.81 bits per heavy atom. The lowest BCUT2D eigenvalue weighted by Gasteiger charge is -2.49. The predicted octanol–water partition coefficient (Wildman–Crippen LogP) is 2.58. The Balaban J connectivity index is 1.71. The fraction of sp³-hybridized carbons (Fsp3) is 0.667. The van der Waals surface area contributed by atoms with Crippen molar-refractivity contribution in [1.82, 2.24) is 0 Å². The first-order valence-corrected chi connectivity index (χ1v) is 8.18. The van der Waals surface area contributed by atoms with Crippen molar-refractivity contribution in [2.75, 3.05) is 0 Å². The molecule has 0 saturated heterocycles. The molecular weight excluding hydrogens is 264 g/mol. The highest BCUT2D eigenvalue weighted by Crippen LogP contribution is 2.60. The highest BCUT2D eigenvalue weighted by atomic mass is 16.3. The lowest BCUT2D eigenvalue weighted by atomic mass is 9.55. The maximum Gasteiger partial charge on any atom is 0.115 e. The van der Waals surface area contributed by atoms with Crippen molar-refractivity contribution in [1.29, 1.82) is 0 Å². The van der Waals surface area contributed by atoms with Gasteiger partial charge in [0.2, 0.25) is 0 Å². The summed E-state index contributed by atoms with van der Waals surface area (Å²) in [6.07, 6.45) is 3.80. The summed E-state index contributed by atoms with van der Waals surface area (Å²) >= 11 is 0. The molecule has 21 heavy (non-hydrogen) atoms. The highest BCUT2D eigenvalue weighted by Gasteiger charge is 2.57. The summed E-state index contributed by atoms with van der Waals surface area (Å²) in [6, 6.07) is 5.80. The van der Waals surface area contributed by atoms with E-state index < -0.39 is 12.2 Å². The Morgan fingerprint density at radius 2 is 2.00 bits per heavy atom. The van der Waals surface area contributed by atoms with Crippen LogP contribution in [0.4, 0.5) is 0 Å². The fourth-order valence-electron chi connectivity index (χ4n) is 5.56. The van der Waals surface area contributed by atoms with Gasteiger partial charge in [0.1, 0.15) is 5.75 Å². The van der Waals surface area contributed by atoms with E-state index in [0.29, 0.717) is 23.5 Å². The van der Waals surface area contributed by atoms with Gasteiger partial charge < -0.3 is 15.3 Å². The van der Waals surface area contributed by atoms with Crippen LogP contribution in [-0.4, -0.2) is 27.5 Å². The summed E-state index contributed by atoms with van der Waals surface area (Å²) in [7, 11) is 0. The Hall–Kier alpha value is -1.06. The van der Waals surface area contributed by atoms with Gasteiger partial charge >= 0.3 is 0 Å². The van der Waals surface area contributed by atoms with E-state index in [-0.39, 0.29) is 5.41 Å². The van der Waals surface area contributed by atoms with Crippen LogP contribution in [-0.2, 0) is 6.42 Å². The molecule has 3 nitrogen and oxygen atoms in total. The molecule has 4 unspecified atom stereocenters. The zero-order valence-electron chi connectivity index (χ0n) is 12.5. The molecule has 4 rings (SSSR count). The maximum absolute atomic E-state index is 10.4. The Morgan fingerprint density at radius 1 is 1.19 bits per heavy atom. The standard InChI is InChI=1S/C18H24O3/c1-18-7-6-13-12-5-3-11(19)8-10(12)2-4-14(13)15(18)9-16(20)17(18)21/h3,5,8,13-17,19-21H,2,4,6-7,9H2,1H3/t13?,14?,15?,16-,17?,18+/m1/s1. The third-order valence-electron chi connectivity index (χ3n) is 6.68. The number of benzene rings is 1. The average Bonchev–Trinajstić information content (AvgIpc) is 2.70. The van der Waals surface area contributed by atoms with Gasteiger partial charge in [-0.25, -0.2) is 0 Å². The molecule has 1 aromatic carbocycles. The third-order valence-corrected chi connectivity index (χ3v) is 6.68. The second-order valence-electron chi connectivity index (χ2n) is 7.59. The quantitative estimate of drug-likeness (QED) is 0.687. The van der Waals surface area contributed by atoms with E-state index in [4.69, 9.17) is 0 Å². The van der Waals surface area contributed by atoms with Crippen molar-refractivity contribution in [3.05, 3.63) is 29.3 Å². The molecule has 3 aliphatic rings. The molecule has 3 N–H and O–H groups in total. The van der Waals surface area contributed by atoms with E-state index in [1.54, 1.807) is 6.07 Å². The number of aliphatic hydroxyl groups is 2. The van der Waals surface area contributed by atoms with Gasteiger partial charge in [0.15, 0.2) is 0 Å². The van der Waals surface area contributed by atoms with E-state index in [2.05, 4.69) is 13.0 Å². The van der Waals surface area contributed by atoms with Crippen molar-refractivity contribution in [2.24, 2.45) is 17.3 Å². The van der Waals surface area contributed by atoms with Gasteiger partial charge in [-0.15, -0.1) is 0 Å². The molecule has 0 spiro atoms. The van der Waals surface area contributed by atoms with E-state index >= 15 is 0 Å². The summed E-state index contributed by atoms with van der Waals surface area (Å²) in [5, 5.41) is 30.2. The number of hydrogen-bond donors (Lipinski definition) is 3. The molecule has 2 saturated carbocycles. The van der Waals surface area contributed by atoms with Crippen LogP contribution < -0.4 is 0 Å². The minimum atomic E-state index is -0.565. The lowest BCUT2D eigenvalue weighted by molar-refractivity contribution is -0.0505. The fourth-order valence-corrected chi connectivity index (χ4v) is 5.56. The van der Waals surface area contributed by atoms with E-state index in [1.807, 2.05) is 6.07 Å². The van der Waals surface area contributed by atoms with Gasteiger partial charge in [0.05, 0.1) is 12.2 Å². The molecule has 0 aromatic heterocycles. The third kappa shape index (κ3) is 1.80. The zero-order chi connectivity index (χ0) is 14.8. The largest absolute Gasteiger partial charge is 0.508 e. The monoisotopic (exact) mass is 288 g/mol. The highest BCUT2D eigenvalue weighted by molar-refractivity contribution is 5.40. The molecule has 0 amide bonds. The Bertz CT molecular complexity index is 570. The number of rotatable bonds is 0. The summed E-state index contributed by atoms with van der Waals surface area (Å²) in [5.41, 5.74) is 2.57. The number of aliphatic hydroxyl groups excluding tert-OH is 2.